The number of nitrogen functional groups attached to an aromatic ring is 4. The molecule has 13 N–H and O–H groups in total. The Morgan fingerprint density at radius 2 is 1.94 bits per heavy atom. The Morgan fingerprint density at radius 1 is 1.21 bits per heavy atom. The number of rotatable bonds is 11. The molecule has 19 nitrogen and oxygen atoms in total. The van der Waals surface area contributed by atoms with Gasteiger partial charge in [-0.15, -0.1) is 27.8 Å². The average molecular weight is 720 g/mol. The molecule has 0 aliphatic carbocycles. The van der Waals surface area contributed by atoms with Crippen molar-refractivity contribution in [2.75, 3.05) is 34.5 Å². The maximum atomic E-state index is 13.5. The van der Waals surface area contributed by atoms with Gasteiger partial charge < -0.3 is 47.8 Å². The van der Waals surface area contributed by atoms with E-state index in [0.717, 1.165) is 44.8 Å². The van der Waals surface area contributed by atoms with Crippen LogP contribution in [0.25, 0.3) is 0 Å². The summed E-state index contributed by atoms with van der Waals surface area (Å²) in [5, 5.41) is 46.2. The highest BCUT2D eigenvalue weighted by atomic mass is 32.2. The minimum absolute atomic E-state index is 0.0467. The van der Waals surface area contributed by atoms with Crippen molar-refractivity contribution in [2.24, 2.45) is 5.16 Å². The molecular formula is C26H27N10O9S3+. The third kappa shape index (κ3) is 6.39. The number of thiazole rings is 1. The lowest BCUT2D eigenvalue weighted by atomic mass is 10.0. The van der Waals surface area contributed by atoms with Crippen molar-refractivity contribution < 1.29 is 49.1 Å². The lowest BCUT2D eigenvalue weighted by Crippen LogP contribution is -2.71. The summed E-state index contributed by atoms with van der Waals surface area (Å²) < 4.78 is 1.13. The number of phenolic OH excluding ortho intramolecular Hbond substituents is 2. The SMILES string of the molecule is Cc1c(N)nc(SCC2=C(C(=O)O)N3C(=O)[C@@H](NC(=O)/C(=N\O[C@@H](C(=O)O)c4ccc(O)c(O)c4)c4csc(N)n4)[C@H]3SC2)[n+](N)c1N. The first-order valence-corrected chi connectivity index (χ1v) is 16.4. The number of phenols is 2. The highest BCUT2D eigenvalue weighted by molar-refractivity contribution is 8.01. The van der Waals surface area contributed by atoms with Crippen molar-refractivity contribution in [1.29, 1.82) is 0 Å². The van der Waals surface area contributed by atoms with E-state index in [1.807, 2.05) is 0 Å². The second-order valence-corrected chi connectivity index (χ2v) is 13.1. The standard InChI is InChI=1S/C26H26N10O9S3/c1-8-18(27)33-26(36(30)19(8)28)48-6-10-5-46-22-15(21(40)35(22)16(10)23(41)42)32-20(39)14(11-7-47-25(29)31-11)34-45-17(24(43)44)9-2-3-12(37)13(38)4-9/h2-4,7,15,17,22H,5-6,30H2,1H3,(H10,27,28,29,31,32,34,37,38,39,41,42,43,44)/p+1/t15-,17-,22-/m1/s1. The number of anilines is 3. The first-order valence-electron chi connectivity index (χ1n) is 13.5. The molecular weight excluding hydrogens is 693 g/mol. The Balaban J connectivity index is 1.36. The minimum Gasteiger partial charge on any atom is -0.504 e. The molecule has 1 fully saturated rings. The van der Waals surface area contributed by atoms with Gasteiger partial charge >= 0.3 is 17.1 Å². The summed E-state index contributed by atoms with van der Waals surface area (Å²) in [6, 6.07) is 1.97. The van der Waals surface area contributed by atoms with Crippen LogP contribution in [-0.4, -0.2) is 87.7 Å². The van der Waals surface area contributed by atoms with Crippen LogP contribution in [0.5, 0.6) is 11.5 Å². The molecule has 5 rings (SSSR count). The first kappa shape index (κ1) is 33.9. The van der Waals surface area contributed by atoms with Crippen LogP contribution in [0, 0.1) is 6.92 Å². The van der Waals surface area contributed by atoms with Gasteiger partial charge in [0.05, 0.1) is 5.56 Å². The number of aromatic nitrogens is 3. The number of β-lactam (4-membered cyclic amide) rings is 1. The Bertz CT molecular complexity index is 1920. The number of aliphatic carboxylic acids is 2. The number of thioether (sulfide) groups is 2. The molecule has 0 bridgehead atoms. The Morgan fingerprint density at radius 3 is 2.56 bits per heavy atom. The van der Waals surface area contributed by atoms with Crippen molar-refractivity contribution in [3.63, 3.8) is 0 Å². The number of hydrogen-bond donors (Lipinski definition) is 9. The van der Waals surface area contributed by atoms with E-state index in [1.54, 1.807) is 6.92 Å². The minimum atomic E-state index is -1.83. The van der Waals surface area contributed by atoms with Crippen molar-refractivity contribution in [3.8, 4) is 11.5 Å². The Labute approximate surface area is 282 Å². The molecule has 22 heteroatoms. The van der Waals surface area contributed by atoms with Crippen molar-refractivity contribution >= 4 is 81.1 Å². The predicted octanol–water partition coefficient (Wildman–Crippen LogP) is -0.917. The molecule has 2 aromatic heterocycles. The Hall–Kier alpha value is -5.48. The highest BCUT2D eigenvalue weighted by Crippen LogP contribution is 2.41. The van der Waals surface area contributed by atoms with E-state index in [4.69, 9.17) is 27.9 Å². The smallest absolute Gasteiger partial charge is 0.352 e. The van der Waals surface area contributed by atoms with Crippen molar-refractivity contribution in [3.05, 3.63) is 51.7 Å². The number of oxime groups is 1. The van der Waals surface area contributed by atoms with E-state index in [1.165, 1.54) is 23.2 Å². The summed E-state index contributed by atoms with van der Waals surface area (Å²) in [5.74, 6) is 0.851. The number of fused-ring (bicyclic) bond motifs is 1. The normalized spacial score (nSPS) is 18.1. The van der Waals surface area contributed by atoms with Gasteiger partial charge in [-0.2, -0.15) is 0 Å². The van der Waals surface area contributed by atoms with E-state index in [0.29, 0.717) is 11.1 Å². The lowest BCUT2D eigenvalue weighted by molar-refractivity contribution is -0.667. The van der Waals surface area contributed by atoms with Crippen LogP contribution in [0.2, 0.25) is 0 Å². The predicted molar refractivity (Wildman–Crippen MR) is 173 cm³/mol. The number of hydrogen-bond acceptors (Lipinski definition) is 17. The molecule has 252 valence electrons. The summed E-state index contributed by atoms with van der Waals surface area (Å²) in [7, 11) is 0. The number of carboxylic acid groups (broad SMARTS) is 2. The van der Waals surface area contributed by atoms with Gasteiger partial charge in [0.25, 0.3) is 11.8 Å². The number of carbonyl (C=O) groups is 4. The first-order chi connectivity index (χ1) is 22.7. The fourth-order valence-electron chi connectivity index (χ4n) is 4.57. The number of aromatic hydroxyl groups is 2. The molecule has 3 atom stereocenters. The van der Waals surface area contributed by atoms with E-state index in [-0.39, 0.29) is 50.4 Å². The van der Waals surface area contributed by atoms with Crippen LogP contribution < -0.4 is 33.0 Å². The maximum absolute atomic E-state index is 13.5. The quantitative estimate of drug-likeness (QED) is 0.0169. The highest BCUT2D eigenvalue weighted by Gasteiger charge is 2.54. The van der Waals surface area contributed by atoms with E-state index >= 15 is 0 Å². The van der Waals surface area contributed by atoms with Gasteiger partial charge in [0.2, 0.25) is 17.7 Å². The largest absolute Gasteiger partial charge is 0.504 e. The summed E-state index contributed by atoms with van der Waals surface area (Å²) >= 11 is 3.23. The van der Waals surface area contributed by atoms with Crippen molar-refractivity contribution in [2.45, 2.75) is 29.6 Å². The van der Waals surface area contributed by atoms with Crippen molar-refractivity contribution in [1.82, 2.24) is 20.2 Å². The second kappa shape index (κ2) is 13.3. The number of carboxylic acids is 2. The number of nitrogens with one attached hydrogen (secondary N) is 1. The molecule has 0 radical (unpaired) electrons. The van der Waals surface area contributed by atoms with Gasteiger partial charge in [0, 0.05) is 22.4 Å². The fourth-order valence-corrected chi connectivity index (χ4v) is 7.54. The van der Waals surface area contributed by atoms with Gasteiger partial charge in [-0.05, 0) is 36.4 Å². The number of carbonyl (C=O) groups excluding carboxylic acids is 2. The molecule has 0 spiro atoms. The van der Waals surface area contributed by atoms with Crippen LogP contribution in [0.1, 0.15) is 22.9 Å². The van der Waals surface area contributed by atoms with Gasteiger partial charge in [-0.3, -0.25) is 20.3 Å². The summed E-state index contributed by atoms with van der Waals surface area (Å²) in [6.07, 6.45) is -1.83. The van der Waals surface area contributed by atoms with Gasteiger partial charge in [0.1, 0.15) is 22.8 Å². The molecule has 0 unspecified atom stereocenters. The van der Waals surface area contributed by atoms with Gasteiger partial charge in [0.15, 0.2) is 22.3 Å². The van der Waals surface area contributed by atoms with Gasteiger partial charge in [-0.1, -0.05) is 16.2 Å². The van der Waals surface area contributed by atoms with Crippen LogP contribution in [0.15, 0.2) is 45.2 Å². The maximum Gasteiger partial charge on any atom is 0.352 e. The van der Waals surface area contributed by atoms with E-state index < -0.39 is 58.5 Å². The zero-order valence-corrected chi connectivity index (χ0v) is 27.0. The molecule has 48 heavy (non-hydrogen) atoms. The summed E-state index contributed by atoms with van der Waals surface area (Å²) in [4.78, 5) is 65.5. The third-order valence-electron chi connectivity index (χ3n) is 7.12. The summed E-state index contributed by atoms with van der Waals surface area (Å²) in [5.41, 5.74) is 17.5. The molecule has 3 aromatic rings. The van der Waals surface area contributed by atoms with Crippen LogP contribution in [0.4, 0.5) is 16.8 Å². The van der Waals surface area contributed by atoms with Crippen LogP contribution in [0.3, 0.4) is 0 Å². The third-order valence-corrected chi connectivity index (χ3v) is 10.2. The molecule has 1 aromatic carbocycles. The second-order valence-electron chi connectivity index (χ2n) is 10.1. The average Bonchev–Trinajstić information content (AvgIpc) is 3.47. The zero-order valence-electron chi connectivity index (χ0n) is 24.6. The number of amides is 2. The van der Waals surface area contributed by atoms with E-state index in [9.17, 15) is 39.6 Å². The topological polar surface area (TPSA) is 320 Å². The number of nitrogens with two attached hydrogens (primary N) is 4. The Kier molecular flexibility index (Phi) is 9.40. The lowest BCUT2D eigenvalue weighted by Gasteiger charge is -2.49. The molecule has 2 aliphatic rings. The molecule has 2 aliphatic heterocycles. The monoisotopic (exact) mass is 719 g/mol. The fraction of sp³-hybridized carbons (Fsp3) is 0.231. The number of benzene rings is 1. The molecule has 2 amide bonds. The molecule has 1 saturated heterocycles. The van der Waals surface area contributed by atoms with Crippen LogP contribution >= 0.6 is 34.9 Å². The molecule has 4 heterocycles. The van der Waals surface area contributed by atoms with E-state index in [2.05, 4.69) is 20.4 Å². The molecule has 0 saturated carbocycles. The zero-order chi connectivity index (χ0) is 35.0. The van der Waals surface area contributed by atoms with Crippen LogP contribution in [-0.2, 0) is 24.0 Å². The van der Waals surface area contributed by atoms with Gasteiger partial charge in [-0.25, -0.2) is 14.6 Å². The number of nitrogens with zero attached hydrogens (tertiary/aromatic N) is 5. The summed E-state index contributed by atoms with van der Waals surface area (Å²) in [6.45, 7) is 1.65.